The van der Waals surface area contributed by atoms with E-state index in [0.717, 1.165) is 5.56 Å². The zero-order valence-corrected chi connectivity index (χ0v) is 18.7. The van der Waals surface area contributed by atoms with Crippen LogP contribution in [0.4, 0.5) is 0 Å². The molecule has 0 saturated carbocycles. The van der Waals surface area contributed by atoms with Crippen molar-refractivity contribution in [3.05, 3.63) is 107 Å². The first-order valence-corrected chi connectivity index (χ1v) is 10.5. The fourth-order valence-corrected chi connectivity index (χ4v) is 3.01. The predicted octanol–water partition coefficient (Wildman–Crippen LogP) is 4.87. The lowest BCUT2D eigenvalue weighted by atomic mass is 9.94. The number of benzene rings is 3. The molecule has 0 aromatic heterocycles. The van der Waals surface area contributed by atoms with E-state index in [4.69, 9.17) is 14.2 Å². The summed E-state index contributed by atoms with van der Waals surface area (Å²) in [4.78, 5) is 37.3. The standard InChI is InChI=1S/C27H26O6/c1-20-10-9-15-23(16-20)26(30)33-19-27(2,17-31-24(28)21-11-5-3-6-12-21)18-32-25(29)22-13-7-4-8-14-22/h3-16H,17-19H2,1-2H3. The first kappa shape index (κ1) is 23.7. The summed E-state index contributed by atoms with van der Waals surface area (Å²) in [5.74, 6) is -1.53. The Kier molecular flexibility index (Phi) is 7.97. The molecule has 3 rings (SSSR count). The van der Waals surface area contributed by atoms with Gasteiger partial charge in [-0.2, -0.15) is 0 Å². The lowest BCUT2D eigenvalue weighted by Crippen LogP contribution is -2.37. The number of ether oxygens (including phenoxy) is 3. The van der Waals surface area contributed by atoms with E-state index in [1.54, 1.807) is 85.8 Å². The highest BCUT2D eigenvalue weighted by Gasteiger charge is 2.31. The van der Waals surface area contributed by atoms with Gasteiger partial charge < -0.3 is 14.2 Å². The summed E-state index contributed by atoms with van der Waals surface area (Å²) < 4.78 is 16.4. The highest BCUT2D eigenvalue weighted by atomic mass is 16.6. The van der Waals surface area contributed by atoms with Gasteiger partial charge in [-0.15, -0.1) is 0 Å². The van der Waals surface area contributed by atoms with Crippen molar-refractivity contribution in [2.75, 3.05) is 19.8 Å². The summed E-state index contributed by atoms with van der Waals surface area (Å²) in [7, 11) is 0. The van der Waals surface area contributed by atoms with Crippen molar-refractivity contribution in [3.63, 3.8) is 0 Å². The molecule has 3 aromatic rings. The zero-order valence-electron chi connectivity index (χ0n) is 18.7. The number of rotatable bonds is 9. The molecule has 33 heavy (non-hydrogen) atoms. The van der Waals surface area contributed by atoms with E-state index in [-0.39, 0.29) is 19.8 Å². The van der Waals surface area contributed by atoms with Crippen molar-refractivity contribution >= 4 is 17.9 Å². The molecule has 0 aliphatic carbocycles. The van der Waals surface area contributed by atoms with Crippen molar-refractivity contribution in [1.82, 2.24) is 0 Å². The Labute approximate surface area is 193 Å². The molecule has 0 aliphatic heterocycles. The monoisotopic (exact) mass is 446 g/mol. The van der Waals surface area contributed by atoms with Gasteiger partial charge in [0, 0.05) is 0 Å². The van der Waals surface area contributed by atoms with Crippen LogP contribution in [-0.4, -0.2) is 37.7 Å². The number of esters is 3. The third-order valence-corrected chi connectivity index (χ3v) is 4.93. The molecule has 0 spiro atoms. The summed E-state index contributed by atoms with van der Waals surface area (Å²) >= 11 is 0. The Bertz CT molecular complexity index is 1040. The fourth-order valence-electron chi connectivity index (χ4n) is 3.01. The molecular weight excluding hydrogens is 420 g/mol. The smallest absolute Gasteiger partial charge is 0.338 e. The molecule has 0 radical (unpaired) electrons. The van der Waals surface area contributed by atoms with E-state index in [2.05, 4.69) is 0 Å². The number of aryl methyl sites for hydroxylation is 1. The second-order valence-electron chi connectivity index (χ2n) is 8.14. The molecule has 0 bridgehead atoms. The van der Waals surface area contributed by atoms with Crippen LogP contribution in [0, 0.1) is 12.3 Å². The van der Waals surface area contributed by atoms with Crippen molar-refractivity contribution in [2.45, 2.75) is 13.8 Å². The van der Waals surface area contributed by atoms with Gasteiger partial charge in [-0.25, -0.2) is 14.4 Å². The molecule has 0 atom stereocenters. The van der Waals surface area contributed by atoms with Gasteiger partial charge in [0.1, 0.15) is 19.8 Å². The molecular formula is C27H26O6. The predicted molar refractivity (Wildman–Crippen MR) is 123 cm³/mol. The Balaban J connectivity index is 1.67. The molecule has 6 heteroatoms. The third kappa shape index (κ3) is 7.04. The molecule has 170 valence electrons. The van der Waals surface area contributed by atoms with Crippen LogP contribution in [0.3, 0.4) is 0 Å². The van der Waals surface area contributed by atoms with Crippen LogP contribution in [-0.2, 0) is 14.2 Å². The molecule has 3 aromatic carbocycles. The summed E-state index contributed by atoms with van der Waals surface area (Å²) in [6, 6.07) is 24.2. The Morgan fingerprint density at radius 3 is 1.42 bits per heavy atom. The van der Waals surface area contributed by atoms with E-state index in [1.807, 2.05) is 13.0 Å². The topological polar surface area (TPSA) is 78.9 Å². The maximum absolute atomic E-state index is 12.5. The van der Waals surface area contributed by atoms with Crippen molar-refractivity contribution < 1.29 is 28.6 Å². The highest BCUT2D eigenvalue weighted by Crippen LogP contribution is 2.21. The Morgan fingerprint density at radius 2 is 1.00 bits per heavy atom. The van der Waals surface area contributed by atoms with Crippen LogP contribution >= 0.6 is 0 Å². The average Bonchev–Trinajstić information content (AvgIpc) is 2.85. The van der Waals surface area contributed by atoms with Crippen LogP contribution in [0.25, 0.3) is 0 Å². The Morgan fingerprint density at radius 1 is 0.606 bits per heavy atom. The van der Waals surface area contributed by atoms with Crippen LogP contribution in [0.15, 0.2) is 84.9 Å². The van der Waals surface area contributed by atoms with Gasteiger partial charge in [-0.1, -0.05) is 54.1 Å². The van der Waals surface area contributed by atoms with Crippen LogP contribution in [0.5, 0.6) is 0 Å². The maximum Gasteiger partial charge on any atom is 0.338 e. The summed E-state index contributed by atoms with van der Waals surface area (Å²) in [5, 5.41) is 0. The molecule has 0 fully saturated rings. The van der Waals surface area contributed by atoms with E-state index < -0.39 is 23.3 Å². The minimum absolute atomic E-state index is 0.107. The molecule has 0 saturated heterocycles. The SMILES string of the molecule is Cc1cccc(C(=O)OCC(C)(COC(=O)c2ccccc2)COC(=O)c2ccccc2)c1. The second-order valence-corrected chi connectivity index (χ2v) is 8.14. The minimum atomic E-state index is -0.950. The lowest BCUT2D eigenvalue weighted by molar-refractivity contribution is -0.0287. The van der Waals surface area contributed by atoms with Crippen LogP contribution < -0.4 is 0 Å². The summed E-state index contributed by atoms with van der Waals surface area (Å²) in [5.41, 5.74) is 1.20. The molecule has 0 N–H and O–H groups in total. The van der Waals surface area contributed by atoms with E-state index in [1.165, 1.54) is 0 Å². The average molecular weight is 446 g/mol. The van der Waals surface area contributed by atoms with Gasteiger partial charge in [0.25, 0.3) is 0 Å². The van der Waals surface area contributed by atoms with Gasteiger partial charge in [0.2, 0.25) is 0 Å². The minimum Gasteiger partial charge on any atom is -0.461 e. The number of carbonyl (C=O) groups excluding carboxylic acids is 3. The van der Waals surface area contributed by atoms with E-state index in [9.17, 15) is 14.4 Å². The van der Waals surface area contributed by atoms with E-state index >= 15 is 0 Å². The molecule has 6 nitrogen and oxygen atoms in total. The van der Waals surface area contributed by atoms with Crippen molar-refractivity contribution in [3.8, 4) is 0 Å². The second kappa shape index (κ2) is 11.1. The van der Waals surface area contributed by atoms with Gasteiger partial charge >= 0.3 is 17.9 Å². The lowest BCUT2D eigenvalue weighted by Gasteiger charge is -2.28. The highest BCUT2D eigenvalue weighted by molar-refractivity contribution is 5.90. The number of hydrogen-bond acceptors (Lipinski definition) is 6. The summed E-state index contributed by atoms with van der Waals surface area (Å²) in [6.07, 6.45) is 0. The summed E-state index contributed by atoms with van der Waals surface area (Å²) in [6.45, 7) is 3.29. The quantitative estimate of drug-likeness (QED) is 0.345. The molecule has 0 amide bonds. The first-order chi connectivity index (χ1) is 15.9. The van der Waals surface area contributed by atoms with Crippen molar-refractivity contribution in [1.29, 1.82) is 0 Å². The van der Waals surface area contributed by atoms with Crippen molar-refractivity contribution in [2.24, 2.45) is 5.41 Å². The van der Waals surface area contributed by atoms with Crippen LogP contribution in [0.2, 0.25) is 0 Å². The van der Waals surface area contributed by atoms with Gasteiger partial charge in [0.05, 0.1) is 22.1 Å². The van der Waals surface area contributed by atoms with Gasteiger partial charge in [-0.05, 0) is 50.2 Å². The fraction of sp³-hybridized carbons (Fsp3) is 0.222. The Hall–Kier alpha value is -3.93. The normalized spacial score (nSPS) is 10.8. The molecule has 0 aliphatic rings. The first-order valence-electron chi connectivity index (χ1n) is 10.5. The largest absolute Gasteiger partial charge is 0.461 e. The number of carbonyl (C=O) groups is 3. The maximum atomic E-state index is 12.5. The van der Waals surface area contributed by atoms with Gasteiger partial charge in [0.15, 0.2) is 0 Å². The third-order valence-electron chi connectivity index (χ3n) is 4.93. The van der Waals surface area contributed by atoms with Gasteiger partial charge in [-0.3, -0.25) is 0 Å². The molecule has 0 heterocycles. The van der Waals surface area contributed by atoms with Crippen LogP contribution in [0.1, 0.15) is 43.6 Å². The molecule has 0 unspecified atom stereocenters. The zero-order chi connectivity index (χ0) is 23.7. The number of hydrogen-bond donors (Lipinski definition) is 0. The van der Waals surface area contributed by atoms with E-state index in [0.29, 0.717) is 16.7 Å².